The molecule has 0 spiro atoms. The van der Waals surface area contributed by atoms with E-state index in [-0.39, 0.29) is 5.91 Å². The van der Waals surface area contributed by atoms with Crippen LogP contribution in [0.3, 0.4) is 0 Å². The first-order valence-electron chi connectivity index (χ1n) is 6.82. The summed E-state index contributed by atoms with van der Waals surface area (Å²) in [7, 11) is 0. The topological polar surface area (TPSA) is 38.1 Å². The molecule has 0 atom stereocenters. The number of benzene rings is 1. The molecule has 108 valence electrons. The Kier molecular flexibility index (Phi) is 5.10. The first-order valence-corrected chi connectivity index (χ1v) is 6.82. The predicted octanol–water partition coefficient (Wildman–Crippen LogP) is 2.75. The molecule has 1 heterocycles. The molecule has 0 N–H and O–H groups in total. The average molecular weight is 281 g/mol. The predicted molar refractivity (Wildman–Crippen MR) is 84.1 cm³/mol. The van der Waals surface area contributed by atoms with Crippen LogP contribution in [0.2, 0.25) is 0 Å². The van der Waals surface area contributed by atoms with Crippen LogP contribution in [0.4, 0.5) is 0 Å². The van der Waals surface area contributed by atoms with Crippen LogP contribution in [0.25, 0.3) is 0 Å². The Bertz CT molecular complexity index is 589. The van der Waals surface area contributed by atoms with Gasteiger partial charge >= 0.3 is 0 Å². The molecule has 0 unspecified atom stereocenters. The van der Waals surface area contributed by atoms with Gasteiger partial charge in [0.1, 0.15) is 0 Å². The summed E-state index contributed by atoms with van der Waals surface area (Å²) in [6, 6.07) is 9.49. The molecule has 0 bridgehead atoms. The lowest BCUT2D eigenvalue weighted by atomic mass is 10.1. The summed E-state index contributed by atoms with van der Waals surface area (Å²) in [5, 5.41) is 4.17. The summed E-state index contributed by atoms with van der Waals surface area (Å²) < 4.78 is 1.85. The van der Waals surface area contributed by atoms with E-state index in [2.05, 4.69) is 18.3 Å². The lowest BCUT2D eigenvalue weighted by Crippen LogP contribution is -2.31. The third-order valence-electron chi connectivity index (χ3n) is 3.09. The number of rotatable bonds is 7. The standard InChI is InChI=1S/C17H19N3O/c1-3-11-19(12-4-2)17(21)16-8-6-15(7-9-16)14-20-13-5-10-18-20/h3-10,13H,1-2,11-12,14H2. The third-order valence-corrected chi connectivity index (χ3v) is 3.09. The number of aromatic nitrogens is 2. The van der Waals surface area contributed by atoms with Crippen molar-refractivity contribution >= 4 is 5.91 Å². The van der Waals surface area contributed by atoms with E-state index in [0.29, 0.717) is 25.2 Å². The van der Waals surface area contributed by atoms with Crippen LogP contribution in [-0.4, -0.2) is 33.7 Å². The Balaban J connectivity index is 2.08. The summed E-state index contributed by atoms with van der Waals surface area (Å²) in [6.07, 6.45) is 7.09. The maximum atomic E-state index is 12.4. The van der Waals surface area contributed by atoms with E-state index < -0.39 is 0 Å². The molecule has 1 amide bonds. The van der Waals surface area contributed by atoms with Gasteiger partial charge in [0.15, 0.2) is 0 Å². The van der Waals surface area contributed by atoms with E-state index in [9.17, 15) is 4.79 Å². The largest absolute Gasteiger partial charge is 0.331 e. The molecule has 4 nitrogen and oxygen atoms in total. The monoisotopic (exact) mass is 281 g/mol. The average Bonchev–Trinajstić information content (AvgIpc) is 3.00. The molecule has 0 fully saturated rings. The summed E-state index contributed by atoms with van der Waals surface area (Å²) in [4.78, 5) is 14.1. The second-order valence-corrected chi connectivity index (χ2v) is 4.69. The molecule has 0 aliphatic carbocycles. The van der Waals surface area contributed by atoms with Crippen molar-refractivity contribution in [2.75, 3.05) is 13.1 Å². The molecular formula is C17H19N3O. The Morgan fingerprint density at radius 1 is 1.19 bits per heavy atom. The van der Waals surface area contributed by atoms with Gasteiger partial charge in [-0.2, -0.15) is 5.10 Å². The van der Waals surface area contributed by atoms with Crippen molar-refractivity contribution in [1.82, 2.24) is 14.7 Å². The van der Waals surface area contributed by atoms with Gasteiger partial charge in [0.25, 0.3) is 5.91 Å². The summed E-state index contributed by atoms with van der Waals surface area (Å²) in [6.45, 7) is 9.08. The van der Waals surface area contributed by atoms with Crippen molar-refractivity contribution in [1.29, 1.82) is 0 Å². The quantitative estimate of drug-likeness (QED) is 0.732. The number of hydrogen-bond acceptors (Lipinski definition) is 2. The highest BCUT2D eigenvalue weighted by Gasteiger charge is 2.12. The Morgan fingerprint density at radius 3 is 2.38 bits per heavy atom. The van der Waals surface area contributed by atoms with Gasteiger partial charge in [-0.3, -0.25) is 9.48 Å². The number of nitrogens with zero attached hydrogens (tertiary/aromatic N) is 3. The first-order chi connectivity index (χ1) is 10.2. The fourth-order valence-corrected chi connectivity index (χ4v) is 2.07. The molecule has 0 saturated carbocycles. The van der Waals surface area contributed by atoms with Gasteiger partial charge in [-0.25, -0.2) is 0 Å². The molecule has 2 aromatic rings. The molecule has 4 heteroatoms. The lowest BCUT2D eigenvalue weighted by Gasteiger charge is -2.19. The highest BCUT2D eigenvalue weighted by atomic mass is 16.2. The number of carbonyl (C=O) groups excluding carboxylic acids is 1. The molecule has 0 aliphatic heterocycles. The summed E-state index contributed by atoms with van der Waals surface area (Å²) in [5.41, 5.74) is 1.78. The van der Waals surface area contributed by atoms with Crippen molar-refractivity contribution in [3.63, 3.8) is 0 Å². The van der Waals surface area contributed by atoms with Crippen molar-refractivity contribution in [3.05, 3.63) is 79.2 Å². The normalized spacial score (nSPS) is 10.1. The Morgan fingerprint density at radius 2 is 1.86 bits per heavy atom. The lowest BCUT2D eigenvalue weighted by molar-refractivity contribution is 0.0791. The smallest absolute Gasteiger partial charge is 0.254 e. The second kappa shape index (κ2) is 7.24. The van der Waals surface area contributed by atoms with E-state index in [0.717, 1.165) is 5.56 Å². The van der Waals surface area contributed by atoms with Crippen LogP contribution < -0.4 is 0 Å². The number of hydrogen-bond donors (Lipinski definition) is 0. The zero-order valence-electron chi connectivity index (χ0n) is 12.0. The molecule has 1 aromatic carbocycles. The van der Waals surface area contributed by atoms with E-state index in [1.165, 1.54) is 0 Å². The van der Waals surface area contributed by atoms with Gasteiger partial charge in [0.05, 0.1) is 6.54 Å². The van der Waals surface area contributed by atoms with Crippen LogP contribution >= 0.6 is 0 Å². The van der Waals surface area contributed by atoms with Crippen LogP contribution in [0.15, 0.2) is 68.0 Å². The molecular weight excluding hydrogens is 262 g/mol. The highest BCUT2D eigenvalue weighted by molar-refractivity contribution is 5.94. The maximum absolute atomic E-state index is 12.4. The van der Waals surface area contributed by atoms with Crippen LogP contribution in [0.1, 0.15) is 15.9 Å². The van der Waals surface area contributed by atoms with E-state index in [1.54, 1.807) is 23.2 Å². The zero-order chi connectivity index (χ0) is 15.1. The Labute approximate surface area is 125 Å². The van der Waals surface area contributed by atoms with Crippen LogP contribution in [-0.2, 0) is 6.54 Å². The van der Waals surface area contributed by atoms with E-state index in [4.69, 9.17) is 0 Å². The Hall–Kier alpha value is -2.62. The van der Waals surface area contributed by atoms with E-state index in [1.807, 2.05) is 41.2 Å². The molecule has 21 heavy (non-hydrogen) atoms. The fraction of sp³-hybridized carbons (Fsp3) is 0.176. The molecule has 0 aliphatic rings. The van der Waals surface area contributed by atoms with E-state index >= 15 is 0 Å². The minimum Gasteiger partial charge on any atom is -0.331 e. The second-order valence-electron chi connectivity index (χ2n) is 4.69. The van der Waals surface area contributed by atoms with Gasteiger partial charge in [-0.1, -0.05) is 24.3 Å². The van der Waals surface area contributed by atoms with Crippen molar-refractivity contribution in [2.24, 2.45) is 0 Å². The highest BCUT2D eigenvalue weighted by Crippen LogP contribution is 2.09. The summed E-state index contributed by atoms with van der Waals surface area (Å²) >= 11 is 0. The molecule has 1 aromatic heterocycles. The van der Waals surface area contributed by atoms with Crippen LogP contribution in [0, 0.1) is 0 Å². The van der Waals surface area contributed by atoms with Crippen LogP contribution in [0.5, 0.6) is 0 Å². The van der Waals surface area contributed by atoms with Crippen molar-refractivity contribution < 1.29 is 4.79 Å². The molecule has 2 rings (SSSR count). The van der Waals surface area contributed by atoms with Gasteiger partial charge in [0.2, 0.25) is 0 Å². The zero-order valence-corrected chi connectivity index (χ0v) is 12.0. The fourth-order valence-electron chi connectivity index (χ4n) is 2.07. The minimum atomic E-state index is -0.0135. The molecule has 0 saturated heterocycles. The van der Waals surface area contributed by atoms with Gasteiger partial charge < -0.3 is 4.90 Å². The number of carbonyl (C=O) groups is 1. The molecule has 0 radical (unpaired) electrons. The van der Waals surface area contributed by atoms with Crippen molar-refractivity contribution in [3.8, 4) is 0 Å². The first kappa shape index (κ1) is 14.8. The SMILES string of the molecule is C=CCN(CC=C)C(=O)c1ccc(Cn2cccn2)cc1. The van der Waals surface area contributed by atoms with Gasteiger partial charge in [-0.05, 0) is 23.8 Å². The van der Waals surface area contributed by atoms with Gasteiger partial charge in [-0.15, -0.1) is 13.2 Å². The minimum absolute atomic E-state index is 0.0135. The van der Waals surface area contributed by atoms with Crippen molar-refractivity contribution in [2.45, 2.75) is 6.54 Å². The van der Waals surface area contributed by atoms with Gasteiger partial charge in [0, 0.05) is 31.0 Å². The third kappa shape index (κ3) is 3.92. The summed E-state index contributed by atoms with van der Waals surface area (Å²) in [5.74, 6) is -0.0135. The maximum Gasteiger partial charge on any atom is 0.254 e. The number of amides is 1.